The molecule has 1 aliphatic heterocycles. The Hall–Kier alpha value is -2.69. The maximum absolute atomic E-state index is 7.90. The van der Waals surface area contributed by atoms with Crippen molar-refractivity contribution in [2.75, 3.05) is 0 Å². The molecule has 1 aliphatic rings. The Morgan fingerprint density at radius 3 is 3.15 bits per heavy atom. The molecule has 5 rings (SSSR count). The van der Waals surface area contributed by atoms with Gasteiger partial charge in [0.25, 0.3) is 0 Å². The third kappa shape index (κ3) is 1.02. The fraction of sp³-hybridized carbons (Fsp3) is 0.133. The van der Waals surface area contributed by atoms with Gasteiger partial charge >= 0.3 is 11.5 Å². The van der Waals surface area contributed by atoms with Crippen LogP contribution in [0.4, 0.5) is 0 Å². The van der Waals surface area contributed by atoms with Crippen LogP contribution in [0.1, 0.15) is 9.68 Å². The van der Waals surface area contributed by atoms with Crippen molar-refractivity contribution >= 4 is 22.3 Å². The van der Waals surface area contributed by atoms with Crippen LogP contribution >= 0.6 is 0 Å². The fourth-order valence-electron chi connectivity index (χ4n) is 2.92. The molecule has 20 heavy (non-hydrogen) atoms. The lowest BCUT2D eigenvalue weighted by Crippen LogP contribution is -2.32. The molecule has 0 saturated carbocycles. The third-order valence-electron chi connectivity index (χ3n) is 3.78. The van der Waals surface area contributed by atoms with Crippen molar-refractivity contribution in [1.29, 1.82) is 0 Å². The molecule has 0 radical (unpaired) electrons. The fourth-order valence-corrected chi connectivity index (χ4v) is 2.92. The van der Waals surface area contributed by atoms with E-state index in [1.54, 1.807) is 18.5 Å². The first-order valence-corrected chi connectivity index (χ1v) is 6.32. The molecule has 0 aromatic carbocycles. The SMILES string of the molecule is [2H]C([2H])([2H])n1c2ncccc2c2oc3[n+](c21)Cc1cccnc1-3. The van der Waals surface area contributed by atoms with E-state index in [1.807, 2.05) is 22.8 Å². The van der Waals surface area contributed by atoms with Crippen LogP contribution in [0.2, 0.25) is 0 Å². The molecule has 4 aromatic rings. The summed E-state index contributed by atoms with van der Waals surface area (Å²) in [7, 11) is 0. The van der Waals surface area contributed by atoms with Crippen LogP contribution in [-0.2, 0) is 13.5 Å². The van der Waals surface area contributed by atoms with Crippen molar-refractivity contribution in [3.8, 4) is 11.6 Å². The number of aromatic nitrogens is 4. The van der Waals surface area contributed by atoms with Gasteiger partial charge in [-0.05, 0) is 18.2 Å². The van der Waals surface area contributed by atoms with Crippen LogP contribution in [0.5, 0.6) is 0 Å². The number of aryl methyl sites for hydroxylation is 1. The predicted molar refractivity (Wildman–Crippen MR) is 73.0 cm³/mol. The highest BCUT2D eigenvalue weighted by Crippen LogP contribution is 2.33. The first-order chi connectivity index (χ1) is 11.1. The number of hydrogen-bond donors (Lipinski definition) is 0. The molecule has 0 atom stereocenters. The summed E-state index contributed by atoms with van der Waals surface area (Å²) in [5, 5.41) is 0.693. The van der Waals surface area contributed by atoms with Gasteiger partial charge < -0.3 is 4.42 Å². The molecular weight excluding hydrogens is 252 g/mol. The highest BCUT2D eigenvalue weighted by molar-refractivity contribution is 6.00. The van der Waals surface area contributed by atoms with Gasteiger partial charge in [-0.2, -0.15) is 4.57 Å². The monoisotopic (exact) mass is 266 g/mol. The Morgan fingerprint density at radius 2 is 2.20 bits per heavy atom. The van der Waals surface area contributed by atoms with Crippen molar-refractivity contribution in [3.63, 3.8) is 0 Å². The van der Waals surface area contributed by atoms with E-state index in [4.69, 9.17) is 8.53 Å². The van der Waals surface area contributed by atoms with E-state index in [1.165, 1.54) is 4.57 Å². The molecule has 0 fully saturated rings. The maximum Gasteiger partial charge on any atom is 0.330 e. The minimum Gasteiger partial charge on any atom is -0.412 e. The Labute approximate surface area is 118 Å². The molecular formula is C15H11N4O+. The van der Waals surface area contributed by atoms with Crippen LogP contribution in [-0.4, -0.2) is 14.5 Å². The van der Waals surface area contributed by atoms with Gasteiger partial charge in [-0.1, -0.05) is 6.07 Å². The Kier molecular flexibility index (Phi) is 1.27. The molecule has 4 aromatic heterocycles. The zero-order valence-electron chi connectivity index (χ0n) is 13.4. The molecule has 0 unspecified atom stereocenters. The van der Waals surface area contributed by atoms with Gasteiger partial charge in [-0.3, -0.25) is 0 Å². The van der Waals surface area contributed by atoms with Gasteiger partial charge in [0.2, 0.25) is 11.2 Å². The summed E-state index contributed by atoms with van der Waals surface area (Å²) in [6.07, 6.45) is 3.30. The second-order valence-electron chi connectivity index (χ2n) is 4.87. The zero-order chi connectivity index (χ0) is 15.8. The van der Waals surface area contributed by atoms with Gasteiger partial charge in [0.15, 0.2) is 5.69 Å². The normalized spacial score (nSPS) is 15.9. The van der Waals surface area contributed by atoms with Crippen molar-refractivity contribution < 1.29 is 13.1 Å². The van der Waals surface area contributed by atoms with Gasteiger partial charge in [0.05, 0.1) is 16.5 Å². The van der Waals surface area contributed by atoms with Gasteiger partial charge in [0, 0.05) is 18.0 Å². The number of fused-ring (bicyclic) bond motifs is 7. The van der Waals surface area contributed by atoms with E-state index in [0.29, 0.717) is 34.7 Å². The molecule has 96 valence electrons. The van der Waals surface area contributed by atoms with E-state index in [2.05, 4.69) is 9.97 Å². The van der Waals surface area contributed by atoms with E-state index >= 15 is 0 Å². The molecule has 0 spiro atoms. The lowest BCUT2D eigenvalue weighted by molar-refractivity contribution is -0.652. The maximum atomic E-state index is 7.90. The van der Waals surface area contributed by atoms with Crippen LogP contribution in [0.3, 0.4) is 0 Å². The van der Waals surface area contributed by atoms with Crippen molar-refractivity contribution in [3.05, 3.63) is 42.2 Å². The molecule has 0 saturated heterocycles. The van der Waals surface area contributed by atoms with Crippen LogP contribution in [0, 0.1) is 0 Å². The standard InChI is InChI=1S/C15H11N4O/c1-18-13-10(5-3-7-17-13)12-14(18)19-8-9-4-2-6-16-11(9)15(19)20-12/h2-7H,8H2,1H3/q+1/i1D3. The molecule has 5 heteroatoms. The Balaban J connectivity index is 1.97. The van der Waals surface area contributed by atoms with Gasteiger partial charge in [-0.15, -0.1) is 0 Å². The van der Waals surface area contributed by atoms with E-state index < -0.39 is 6.98 Å². The molecule has 0 aliphatic carbocycles. The largest absolute Gasteiger partial charge is 0.412 e. The number of nitrogens with zero attached hydrogens (tertiary/aromatic N) is 4. The lowest BCUT2D eigenvalue weighted by atomic mass is 10.2. The summed E-state index contributed by atoms with van der Waals surface area (Å²) >= 11 is 0. The number of oxazole rings is 1. The Bertz CT molecular complexity index is 1090. The third-order valence-corrected chi connectivity index (χ3v) is 3.78. The summed E-state index contributed by atoms with van der Waals surface area (Å²) in [6.45, 7) is -1.81. The average molecular weight is 266 g/mol. The highest BCUT2D eigenvalue weighted by atomic mass is 16.4. The highest BCUT2D eigenvalue weighted by Gasteiger charge is 2.35. The Morgan fingerprint density at radius 1 is 1.30 bits per heavy atom. The minimum absolute atomic E-state index is 0.403. The first-order valence-electron chi connectivity index (χ1n) is 7.82. The minimum atomic E-state index is -2.35. The average Bonchev–Trinajstić information content (AvgIpc) is 3.13. The summed E-state index contributed by atoms with van der Waals surface area (Å²) < 4.78 is 32.9. The second-order valence-corrected chi connectivity index (χ2v) is 4.87. The first kappa shape index (κ1) is 7.79. The summed E-state index contributed by atoms with van der Waals surface area (Å²) in [6, 6.07) is 7.43. The number of pyridine rings is 2. The predicted octanol–water partition coefficient (Wildman–Crippen LogP) is 2.03. The summed E-state index contributed by atoms with van der Waals surface area (Å²) in [4.78, 5) is 8.61. The van der Waals surface area contributed by atoms with Gasteiger partial charge in [-0.25, -0.2) is 14.5 Å². The number of rotatable bonds is 0. The quantitative estimate of drug-likeness (QED) is 0.403. The van der Waals surface area contributed by atoms with Gasteiger partial charge in [0.1, 0.15) is 6.54 Å². The second kappa shape index (κ2) is 3.25. The van der Waals surface area contributed by atoms with Crippen molar-refractivity contribution in [2.24, 2.45) is 6.98 Å². The molecule has 0 bridgehead atoms. The lowest BCUT2D eigenvalue weighted by Gasteiger charge is -1.91. The molecule has 0 N–H and O–H groups in total. The molecule has 5 heterocycles. The van der Waals surface area contributed by atoms with E-state index in [0.717, 1.165) is 11.3 Å². The van der Waals surface area contributed by atoms with Crippen LogP contribution < -0.4 is 4.57 Å². The molecule has 0 amide bonds. The summed E-state index contributed by atoms with van der Waals surface area (Å²) in [5.41, 5.74) is 3.24. The van der Waals surface area contributed by atoms with E-state index in [9.17, 15) is 0 Å². The number of hydrogen-bond acceptors (Lipinski definition) is 3. The van der Waals surface area contributed by atoms with Crippen molar-refractivity contribution in [1.82, 2.24) is 14.5 Å². The van der Waals surface area contributed by atoms with Crippen LogP contribution in [0.15, 0.2) is 41.1 Å². The smallest absolute Gasteiger partial charge is 0.330 e. The summed E-state index contributed by atoms with van der Waals surface area (Å²) in [5.74, 6) is 0.592. The molecule has 5 nitrogen and oxygen atoms in total. The van der Waals surface area contributed by atoms with Crippen LogP contribution in [0.25, 0.3) is 33.8 Å². The van der Waals surface area contributed by atoms with E-state index in [-0.39, 0.29) is 0 Å². The zero-order valence-corrected chi connectivity index (χ0v) is 10.4. The topological polar surface area (TPSA) is 47.7 Å². The van der Waals surface area contributed by atoms with Crippen molar-refractivity contribution in [2.45, 2.75) is 6.54 Å².